The molecule has 3 rings (SSSR count). The summed E-state index contributed by atoms with van der Waals surface area (Å²) in [6.07, 6.45) is 7.33. The molecule has 0 bridgehead atoms. The fourth-order valence-electron chi connectivity index (χ4n) is 2.98. The Morgan fingerprint density at radius 3 is 2.60 bits per heavy atom. The highest BCUT2D eigenvalue weighted by atomic mass is 32.1. The Labute approximate surface area is 152 Å². The molecule has 0 saturated carbocycles. The van der Waals surface area contributed by atoms with Gasteiger partial charge in [-0.1, -0.05) is 30.3 Å². The van der Waals surface area contributed by atoms with Gasteiger partial charge in [-0.25, -0.2) is 10.4 Å². The molecule has 1 aliphatic carbocycles. The fraction of sp³-hybridized carbons (Fsp3) is 0.316. The van der Waals surface area contributed by atoms with Crippen LogP contribution in [-0.4, -0.2) is 16.7 Å². The maximum atomic E-state index is 7.19. The number of nitrogens with two attached hydrogens (primary N) is 1. The van der Waals surface area contributed by atoms with E-state index >= 15 is 0 Å². The van der Waals surface area contributed by atoms with Gasteiger partial charge in [0.05, 0.1) is 16.3 Å². The molecule has 0 aliphatic heterocycles. The molecule has 0 amide bonds. The highest BCUT2D eigenvalue weighted by Gasteiger charge is 2.13. The summed E-state index contributed by atoms with van der Waals surface area (Å²) >= 11 is 1.61. The molecule has 1 aromatic heterocycles. The molecule has 130 valence electrons. The zero-order valence-corrected chi connectivity index (χ0v) is 15.4. The van der Waals surface area contributed by atoms with Crippen LogP contribution in [0.4, 0.5) is 0 Å². The quantitative estimate of drug-likeness (QED) is 0.435. The molecule has 0 spiro atoms. The summed E-state index contributed by atoms with van der Waals surface area (Å²) in [4.78, 5) is 5.68. The van der Waals surface area contributed by atoms with Gasteiger partial charge in [0.1, 0.15) is 5.01 Å². The SMILES string of the molecule is C/C(=N/NC(=N)N)c1sc(-c2ccc(C3=CCCCC3)cc2)nc1C. The number of hydrogen-bond acceptors (Lipinski definition) is 4. The zero-order chi connectivity index (χ0) is 17.8. The summed E-state index contributed by atoms with van der Waals surface area (Å²) < 4.78 is 0. The highest BCUT2D eigenvalue weighted by Crippen LogP contribution is 2.31. The third kappa shape index (κ3) is 4.14. The normalized spacial score (nSPS) is 15.0. The van der Waals surface area contributed by atoms with Crippen molar-refractivity contribution in [2.75, 3.05) is 0 Å². The average molecular weight is 353 g/mol. The van der Waals surface area contributed by atoms with Gasteiger partial charge in [-0.2, -0.15) is 5.10 Å². The summed E-state index contributed by atoms with van der Waals surface area (Å²) in [5, 5.41) is 12.3. The Hall–Kier alpha value is -2.47. The first-order valence-electron chi connectivity index (χ1n) is 8.46. The first-order chi connectivity index (χ1) is 12.0. The molecule has 0 unspecified atom stereocenters. The van der Waals surface area contributed by atoms with Crippen LogP contribution in [0.3, 0.4) is 0 Å². The second kappa shape index (κ2) is 7.61. The minimum Gasteiger partial charge on any atom is -0.369 e. The van der Waals surface area contributed by atoms with E-state index in [0.29, 0.717) is 0 Å². The van der Waals surface area contributed by atoms with Crippen LogP contribution in [-0.2, 0) is 0 Å². The minimum atomic E-state index is -0.172. The van der Waals surface area contributed by atoms with Crippen LogP contribution in [0.25, 0.3) is 16.1 Å². The number of guanidine groups is 1. The van der Waals surface area contributed by atoms with Crippen molar-refractivity contribution in [1.82, 2.24) is 10.4 Å². The molecular formula is C19H23N5S. The van der Waals surface area contributed by atoms with Crippen molar-refractivity contribution < 1.29 is 0 Å². The van der Waals surface area contributed by atoms with Gasteiger partial charge in [0, 0.05) is 5.56 Å². The van der Waals surface area contributed by atoms with E-state index in [9.17, 15) is 0 Å². The Morgan fingerprint density at radius 2 is 1.96 bits per heavy atom. The molecule has 0 fully saturated rings. The summed E-state index contributed by atoms with van der Waals surface area (Å²) in [5.41, 5.74) is 13.4. The van der Waals surface area contributed by atoms with E-state index in [1.165, 1.54) is 36.8 Å². The largest absolute Gasteiger partial charge is 0.369 e. The van der Waals surface area contributed by atoms with Crippen LogP contribution >= 0.6 is 11.3 Å². The van der Waals surface area contributed by atoms with Crippen LogP contribution in [0.1, 0.15) is 48.7 Å². The number of benzene rings is 1. The van der Waals surface area contributed by atoms with E-state index in [4.69, 9.17) is 11.1 Å². The topological polar surface area (TPSA) is 87.2 Å². The number of hydrazone groups is 1. The van der Waals surface area contributed by atoms with Gasteiger partial charge in [0.15, 0.2) is 0 Å². The summed E-state index contributed by atoms with van der Waals surface area (Å²) in [6.45, 7) is 3.86. The number of thiazole rings is 1. The Balaban J connectivity index is 1.83. The van der Waals surface area contributed by atoms with Crippen molar-refractivity contribution in [3.05, 3.63) is 46.5 Å². The predicted molar refractivity (Wildman–Crippen MR) is 106 cm³/mol. The molecule has 5 nitrogen and oxygen atoms in total. The number of nitrogens with zero attached hydrogens (tertiary/aromatic N) is 2. The highest BCUT2D eigenvalue weighted by molar-refractivity contribution is 7.17. The lowest BCUT2D eigenvalue weighted by atomic mass is 9.93. The van der Waals surface area contributed by atoms with E-state index in [0.717, 1.165) is 26.9 Å². The van der Waals surface area contributed by atoms with E-state index < -0.39 is 0 Å². The Morgan fingerprint density at radius 1 is 1.24 bits per heavy atom. The number of hydrogen-bond donors (Lipinski definition) is 3. The number of aryl methyl sites for hydroxylation is 1. The molecule has 2 aromatic rings. The van der Waals surface area contributed by atoms with Crippen molar-refractivity contribution in [2.45, 2.75) is 39.5 Å². The average Bonchev–Trinajstić information content (AvgIpc) is 3.02. The minimum absolute atomic E-state index is 0.172. The van der Waals surface area contributed by atoms with Gasteiger partial charge in [-0.15, -0.1) is 11.3 Å². The van der Waals surface area contributed by atoms with Gasteiger partial charge in [-0.05, 0) is 50.7 Å². The van der Waals surface area contributed by atoms with E-state index in [1.54, 1.807) is 11.3 Å². The van der Waals surface area contributed by atoms with Crippen LogP contribution in [0.5, 0.6) is 0 Å². The number of rotatable bonds is 4. The van der Waals surface area contributed by atoms with E-state index in [2.05, 4.69) is 45.9 Å². The first kappa shape index (κ1) is 17.4. The lowest BCUT2D eigenvalue weighted by Crippen LogP contribution is -2.26. The standard InChI is InChI=1S/C19H23N5S/c1-12-17(13(2)23-24-19(20)21)25-18(22-12)16-10-8-15(9-11-16)14-6-4-3-5-7-14/h6,8-11H,3-5,7H2,1-2H3,(H4,20,21,24)/b23-13-. The molecule has 1 aromatic carbocycles. The second-order valence-corrected chi connectivity index (χ2v) is 7.21. The van der Waals surface area contributed by atoms with E-state index in [1.807, 2.05) is 13.8 Å². The van der Waals surface area contributed by atoms with Crippen molar-refractivity contribution in [3.63, 3.8) is 0 Å². The molecule has 1 aliphatic rings. The van der Waals surface area contributed by atoms with Gasteiger partial charge < -0.3 is 5.73 Å². The van der Waals surface area contributed by atoms with Crippen molar-refractivity contribution in [3.8, 4) is 10.6 Å². The molecule has 0 atom stereocenters. The predicted octanol–water partition coefficient (Wildman–Crippen LogP) is 4.28. The van der Waals surface area contributed by atoms with Crippen LogP contribution < -0.4 is 11.2 Å². The third-order valence-electron chi connectivity index (χ3n) is 4.26. The van der Waals surface area contributed by atoms with E-state index in [-0.39, 0.29) is 5.96 Å². The van der Waals surface area contributed by atoms with Crippen LogP contribution in [0, 0.1) is 12.3 Å². The lowest BCUT2D eigenvalue weighted by Gasteiger charge is -2.12. The first-order valence-corrected chi connectivity index (χ1v) is 9.28. The van der Waals surface area contributed by atoms with Gasteiger partial charge in [0.2, 0.25) is 5.96 Å². The molecule has 6 heteroatoms. The molecular weight excluding hydrogens is 330 g/mol. The Kier molecular flexibility index (Phi) is 5.28. The van der Waals surface area contributed by atoms with Crippen LogP contribution in [0.2, 0.25) is 0 Å². The van der Waals surface area contributed by atoms with Gasteiger partial charge >= 0.3 is 0 Å². The molecule has 1 heterocycles. The molecule has 4 N–H and O–H groups in total. The fourth-order valence-corrected chi connectivity index (χ4v) is 3.99. The van der Waals surface area contributed by atoms with Gasteiger partial charge in [0.25, 0.3) is 0 Å². The van der Waals surface area contributed by atoms with Crippen molar-refractivity contribution in [1.29, 1.82) is 5.41 Å². The second-order valence-electron chi connectivity index (χ2n) is 6.21. The van der Waals surface area contributed by atoms with Gasteiger partial charge in [-0.3, -0.25) is 5.41 Å². The molecule has 0 radical (unpaired) electrons. The van der Waals surface area contributed by atoms with Crippen molar-refractivity contribution >= 4 is 28.6 Å². The van der Waals surface area contributed by atoms with Crippen molar-refractivity contribution in [2.24, 2.45) is 10.8 Å². The van der Waals surface area contributed by atoms with Crippen LogP contribution in [0.15, 0.2) is 35.4 Å². The Bertz CT molecular complexity index is 830. The summed E-state index contributed by atoms with van der Waals surface area (Å²) in [6, 6.07) is 8.68. The third-order valence-corrected chi connectivity index (χ3v) is 5.58. The zero-order valence-electron chi connectivity index (χ0n) is 14.6. The summed E-state index contributed by atoms with van der Waals surface area (Å²) in [7, 11) is 0. The monoisotopic (exact) mass is 353 g/mol. The molecule has 25 heavy (non-hydrogen) atoms. The number of aromatic nitrogens is 1. The molecule has 0 saturated heterocycles. The summed E-state index contributed by atoms with van der Waals surface area (Å²) in [5.74, 6) is -0.172. The maximum Gasteiger partial charge on any atom is 0.206 e. The number of allylic oxidation sites excluding steroid dienone is 2. The number of nitrogens with one attached hydrogen (secondary N) is 2. The lowest BCUT2D eigenvalue weighted by molar-refractivity contribution is 0.742. The maximum absolute atomic E-state index is 7.19. The smallest absolute Gasteiger partial charge is 0.206 e.